The first kappa shape index (κ1) is 15.7. The molecule has 1 amide bonds. The van der Waals surface area contributed by atoms with Crippen LogP contribution in [0.3, 0.4) is 0 Å². The minimum absolute atomic E-state index is 0.0210. The molecule has 27 heavy (non-hydrogen) atoms. The van der Waals surface area contributed by atoms with Gasteiger partial charge in [-0.15, -0.1) is 0 Å². The van der Waals surface area contributed by atoms with E-state index in [9.17, 15) is 4.79 Å². The molecule has 5 rings (SSSR count). The number of carbonyl (C=O) groups is 1. The third-order valence-electron chi connectivity index (χ3n) is 4.96. The summed E-state index contributed by atoms with van der Waals surface area (Å²) < 4.78 is 7.42. The highest BCUT2D eigenvalue weighted by atomic mass is 16.5. The average Bonchev–Trinajstić information content (AvgIpc) is 3.46. The number of hydrogen-bond acceptors (Lipinski definition) is 5. The van der Waals surface area contributed by atoms with E-state index in [4.69, 9.17) is 4.52 Å². The van der Waals surface area contributed by atoms with Crippen LogP contribution in [0, 0.1) is 0 Å². The number of likely N-dealkylation sites (tertiary alicyclic amines) is 1. The number of rotatable bonds is 3. The maximum absolute atomic E-state index is 13.2. The van der Waals surface area contributed by atoms with Gasteiger partial charge in [0, 0.05) is 36.2 Å². The van der Waals surface area contributed by atoms with Crippen LogP contribution in [-0.4, -0.2) is 36.9 Å². The lowest BCUT2D eigenvalue weighted by Crippen LogP contribution is -2.31. The van der Waals surface area contributed by atoms with E-state index in [1.54, 1.807) is 12.4 Å². The average molecular weight is 359 g/mol. The van der Waals surface area contributed by atoms with Crippen LogP contribution in [-0.2, 0) is 0 Å². The molecule has 1 atom stereocenters. The number of pyridine rings is 2. The normalized spacial score (nSPS) is 16.9. The van der Waals surface area contributed by atoms with Crippen molar-refractivity contribution in [1.29, 1.82) is 0 Å². The zero-order valence-corrected chi connectivity index (χ0v) is 14.5. The van der Waals surface area contributed by atoms with Gasteiger partial charge in [0.2, 0.25) is 11.7 Å². The number of hydrogen-bond donors (Lipinski definition) is 0. The summed E-state index contributed by atoms with van der Waals surface area (Å²) >= 11 is 0. The van der Waals surface area contributed by atoms with Crippen LogP contribution in [0.25, 0.3) is 16.9 Å². The van der Waals surface area contributed by atoms with Crippen LogP contribution in [0.15, 0.2) is 65.6 Å². The van der Waals surface area contributed by atoms with Gasteiger partial charge in [-0.25, -0.2) is 0 Å². The lowest BCUT2D eigenvalue weighted by molar-refractivity contribution is 0.0703. The molecule has 5 heterocycles. The van der Waals surface area contributed by atoms with Crippen molar-refractivity contribution in [3.63, 3.8) is 0 Å². The third kappa shape index (κ3) is 2.68. The lowest BCUT2D eigenvalue weighted by atomic mass is 10.2. The predicted octanol–water partition coefficient (Wildman–Crippen LogP) is 3.36. The summed E-state index contributed by atoms with van der Waals surface area (Å²) in [5, 5.41) is 4.08. The highest BCUT2D eigenvalue weighted by Gasteiger charge is 2.35. The molecule has 0 aromatic carbocycles. The molecule has 0 bridgehead atoms. The number of carbonyl (C=O) groups excluding carboxylic acids is 1. The van der Waals surface area contributed by atoms with Crippen LogP contribution in [0.1, 0.15) is 35.3 Å². The van der Waals surface area contributed by atoms with Crippen molar-refractivity contribution in [3.8, 4) is 11.4 Å². The van der Waals surface area contributed by atoms with Gasteiger partial charge in [-0.3, -0.25) is 9.78 Å². The minimum Gasteiger partial charge on any atom is -0.337 e. The fraction of sp³-hybridized carbons (Fsp3) is 0.200. The lowest BCUT2D eigenvalue weighted by Gasteiger charge is -2.21. The summed E-state index contributed by atoms with van der Waals surface area (Å²) in [6, 6.07) is 13.1. The summed E-state index contributed by atoms with van der Waals surface area (Å²) in [5.41, 5.74) is 2.48. The summed E-state index contributed by atoms with van der Waals surface area (Å²) in [7, 11) is 0. The van der Waals surface area contributed by atoms with Gasteiger partial charge in [0.05, 0.1) is 0 Å². The summed E-state index contributed by atoms with van der Waals surface area (Å²) in [6.45, 7) is 0.677. The second kappa shape index (κ2) is 6.35. The van der Waals surface area contributed by atoms with Gasteiger partial charge < -0.3 is 13.8 Å². The van der Waals surface area contributed by atoms with Gasteiger partial charge in [0.15, 0.2) is 0 Å². The molecule has 0 radical (unpaired) electrons. The van der Waals surface area contributed by atoms with Crippen LogP contribution < -0.4 is 0 Å². The van der Waals surface area contributed by atoms with Crippen LogP contribution in [0.2, 0.25) is 0 Å². The Morgan fingerprint density at radius 1 is 1.11 bits per heavy atom. The van der Waals surface area contributed by atoms with Gasteiger partial charge in [-0.1, -0.05) is 11.2 Å². The molecule has 7 heteroatoms. The Balaban J connectivity index is 1.45. The Labute approximate surface area is 155 Å². The summed E-state index contributed by atoms with van der Waals surface area (Å²) in [5.74, 6) is 0.973. The van der Waals surface area contributed by atoms with Gasteiger partial charge in [0.25, 0.3) is 5.91 Å². The van der Waals surface area contributed by atoms with Crippen molar-refractivity contribution < 1.29 is 9.32 Å². The zero-order valence-electron chi connectivity index (χ0n) is 14.5. The first-order valence-electron chi connectivity index (χ1n) is 8.92. The molecule has 4 aromatic rings. The van der Waals surface area contributed by atoms with Crippen LogP contribution in [0.4, 0.5) is 0 Å². The van der Waals surface area contributed by atoms with Gasteiger partial charge >= 0.3 is 0 Å². The number of fused-ring (bicyclic) bond motifs is 1. The summed E-state index contributed by atoms with van der Waals surface area (Å²) in [6.07, 6.45) is 7.00. The van der Waals surface area contributed by atoms with Crippen molar-refractivity contribution >= 4 is 11.4 Å². The minimum atomic E-state index is -0.199. The molecule has 1 aliphatic rings. The van der Waals surface area contributed by atoms with Gasteiger partial charge in [0.1, 0.15) is 11.7 Å². The molecule has 1 saturated heterocycles. The van der Waals surface area contributed by atoms with Crippen molar-refractivity contribution in [3.05, 3.63) is 72.6 Å². The van der Waals surface area contributed by atoms with Crippen LogP contribution >= 0.6 is 0 Å². The SMILES string of the molecule is O=C(c1ccc2ccccn12)N1CCC[C@H]1c1nc(-c2ccncc2)no1. The molecule has 0 saturated carbocycles. The maximum atomic E-state index is 13.2. The molecule has 1 aliphatic heterocycles. The molecule has 0 N–H and O–H groups in total. The standard InChI is InChI=1S/C20H17N5O2/c26-20(17-7-6-15-4-1-2-12-24(15)17)25-13-3-5-16(25)19-22-18(23-27-19)14-8-10-21-11-9-14/h1-2,4,6-12,16H,3,5,13H2/t16-/m0/s1. The molecule has 7 nitrogen and oxygen atoms in total. The molecule has 134 valence electrons. The molecule has 0 spiro atoms. The Bertz CT molecular complexity index is 1100. The zero-order chi connectivity index (χ0) is 18.2. The van der Waals surface area contributed by atoms with E-state index in [1.807, 2.05) is 58.0 Å². The Morgan fingerprint density at radius 2 is 2.00 bits per heavy atom. The van der Waals surface area contributed by atoms with Crippen molar-refractivity contribution in [2.75, 3.05) is 6.54 Å². The second-order valence-electron chi connectivity index (χ2n) is 6.56. The summed E-state index contributed by atoms with van der Waals surface area (Å²) in [4.78, 5) is 23.6. The van der Waals surface area contributed by atoms with Crippen LogP contribution in [0.5, 0.6) is 0 Å². The fourth-order valence-electron chi connectivity index (χ4n) is 3.63. The van der Waals surface area contributed by atoms with E-state index in [0.29, 0.717) is 24.0 Å². The van der Waals surface area contributed by atoms with E-state index in [-0.39, 0.29) is 11.9 Å². The number of aromatic nitrogens is 4. The van der Waals surface area contributed by atoms with Gasteiger partial charge in [-0.05, 0) is 49.2 Å². The second-order valence-corrected chi connectivity index (χ2v) is 6.56. The molecular weight excluding hydrogens is 342 g/mol. The number of amides is 1. The fourth-order valence-corrected chi connectivity index (χ4v) is 3.63. The molecular formula is C20H17N5O2. The van der Waals surface area contributed by atoms with Crippen molar-refractivity contribution in [2.45, 2.75) is 18.9 Å². The first-order valence-corrected chi connectivity index (χ1v) is 8.92. The van der Waals surface area contributed by atoms with E-state index >= 15 is 0 Å². The predicted molar refractivity (Wildman–Crippen MR) is 97.9 cm³/mol. The Kier molecular flexibility index (Phi) is 3.71. The van der Waals surface area contributed by atoms with E-state index in [0.717, 1.165) is 23.9 Å². The number of nitrogens with zero attached hydrogens (tertiary/aromatic N) is 5. The van der Waals surface area contributed by atoms with E-state index < -0.39 is 0 Å². The highest BCUT2D eigenvalue weighted by molar-refractivity contribution is 5.94. The van der Waals surface area contributed by atoms with Crippen molar-refractivity contribution in [2.24, 2.45) is 0 Å². The quantitative estimate of drug-likeness (QED) is 0.561. The smallest absolute Gasteiger partial charge is 0.271 e. The van der Waals surface area contributed by atoms with E-state index in [2.05, 4.69) is 15.1 Å². The molecule has 0 aliphatic carbocycles. The topological polar surface area (TPSA) is 76.5 Å². The monoisotopic (exact) mass is 359 g/mol. The van der Waals surface area contributed by atoms with Gasteiger partial charge in [-0.2, -0.15) is 4.98 Å². The third-order valence-corrected chi connectivity index (χ3v) is 4.96. The van der Waals surface area contributed by atoms with Crippen molar-refractivity contribution in [1.82, 2.24) is 24.4 Å². The molecule has 4 aromatic heterocycles. The Morgan fingerprint density at radius 3 is 2.89 bits per heavy atom. The molecule has 1 fully saturated rings. The molecule has 0 unspecified atom stereocenters. The largest absolute Gasteiger partial charge is 0.337 e. The Hall–Kier alpha value is -3.48. The highest BCUT2D eigenvalue weighted by Crippen LogP contribution is 2.33. The maximum Gasteiger partial charge on any atom is 0.271 e. The van der Waals surface area contributed by atoms with E-state index in [1.165, 1.54) is 0 Å². The first-order chi connectivity index (χ1) is 13.3.